The lowest BCUT2D eigenvalue weighted by atomic mass is 9.96. The molecule has 176 valence electrons. The van der Waals surface area contributed by atoms with Gasteiger partial charge in [0.15, 0.2) is 0 Å². The zero-order valence-electron chi connectivity index (χ0n) is 18.6. The van der Waals surface area contributed by atoms with Crippen LogP contribution in [-0.4, -0.2) is 6.36 Å². The Morgan fingerprint density at radius 2 is 1.47 bits per heavy atom. The largest absolute Gasteiger partial charge is 0.573 e. The summed E-state index contributed by atoms with van der Waals surface area (Å²) in [5.41, 5.74) is 3.38. The van der Waals surface area contributed by atoms with Gasteiger partial charge in [-0.2, -0.15) is 0 Å². The number of alkyl halides is 3. The summed E-state index contributed by atoms with van der Waals surface area (Å²) in [4.78, 5) is 0. The second kappa shape index (κ2) is 9.84. The quantitative estimate of drug-likeness (QED) is 0.246. The first kappa shape index (κ1) is 23.7. The Morgan fingerprint density at radius 3 is 2.15 bits per heavy atom. The number of hydrogen-bond donors (Lipinski definition) is 0. The second-order valence-corrected chi connectivity index (χ2v) is 8.23. The molecule has 0 radical (unpaired) electrons. The number of hydrogen-bond acceptors (Lipinski definition) is 1. The highest BCUT2D eigenvalue weighted by atomic mass is 19.4. The van der Waals surface area contributed by atoms with Crippen molar-refractivity contribution in [3.05, 3.63) is 101 Å². The zero-order valence-corrected chi connectivity index (χ0v) is 18.6. The first-order valence-corrected chi connectivity index (χ1v) is 11.1. The third-order valence-electron chi connectivity index (χ3n) is 5.76. The van der Waals surface area contributed by atoms with Crippen molar-refractivity contribution in [3.63, 3.8) is 0 Å². The molecule has 0 saturated heterocycles. The van der Waals surface area contributed by atoms with Gasteiger partial charge in [-0.15, -0.1) is 13.2 Å². The average Bonchev–Trinajstić information content (AvgIpc) is 2.79. The van der Waals surface area contributed by atoms with Gasteiger partial charge >= 0.3 is 6.36 Å². The molecule has 0 bridgehead atoms. The first-order valence-electron chi connectivity index (χ1n) is 11.1. The van der Waals surface area contributed by atoms with E-state index in [1.54, 1.807) is 42.5 Å². The summed E-state index contributed by atoms with van der Waals surface area (Å²) in [5, 5.41) is 1.11. The SMILES string of the molecule is CCCc1ccc(-c2ccc3c(F)c(CCc4ccc(OC(F)(F)F)cc4)ccc3c2)c(F)c1. The van der Waals surface area contributed by atoms with E-state index in [-0.39, 0.29) is 17.4 Å². The van der Waals surface area contributed by atoms with Gasteiger partial charge in [-0.3, -0.25) is 0 Å². The van der Waals surface area contributed by atoms with Crippen molar-refractivity contribution in [2.24, 2.45) is 0 Å². The summed E-state index contributed by atoms with van der Waals surface area (Å²) in [6, 6.07) is 19.4. The minimum atomic E-state index is -4.74. The lowest BCUT2D eigenvalue weighted by Crippen LogP contribution is -2.17. The van der Waals surface area contributed by atoms with Crippen LogP contribution in [0, 0.1) is 11.6 Å². The van der Waals surface area contributed by atoms with Crippen LogP contribution >= 0.6 is 0 Å². The molecule has 0 aliphatic rings. The van der Waals surface area contributed by atoms with Crippen molar-refractivity contribution in [3.8, 4) is 16.9 Å². The van der Waals surface area contributed by atoms with Crippen LogP contribution in [0.3, 0.4) is 0 Å². The van der Waals surface area contributed by atoms with Gasteiger partial charge in [0.2, 0.25) is 0 Å². The highest BCUT2D eigenvalue weighted by molar-refractivity contribution is 5.88. The molecule has 4 aromatic rings. The molecule has 0 saturated carbocycles. The summed E-state index contributed by atoms with van der Waals surface area (Å²) in [5.74, 6) is -0.936. The smallest absolute Gasteiger partial charge is 0.406 e. The standard InChI is InChI=1S/C28H23F5O/c1-2-3-19-7-14-24(26(29)16-19)21-11-15-25-22(17-21)10-9-20(27(25)30)8-4-18-5-12-23(13-6-18)34-28(31,32)33/h5-7,9-17H,2-4,8H2,1H3. The van der Waals surface area contributed by atoms with Crippen molar-refractivity contribution < 1.29 is 26.7 Å². The summed E-state index contributed by atoms with van der Waals surface area (Å²) in [6.07, 6.45) is -2.14. The number of aryl methyl sites for hydroxylation is 3. The van der Waals surface area contributed by atoms with Crippen molar-refractivity contribution in [2.45, 2.75) is 39.0 Å². The monoisotopic (exact) mass is 470 g/mol. The van der Waals surface area contributed by atoms with E-state index in [9.17, 15) is 17.6 Å². The Hall–Kier alpha value is -3.41. The molecule has 0 fully saturated rings. The highest BCUT2D eigenvalue weighted by Crippen LogP contribution is 2.30. The fourth-order valence-corrected chi connectivity index (χ4v) is 4.07. The van der Waals surface area contributed by atoms with E-state index in [1.807, 2.05) is 13.0 Å². The summed E-state index contributed by atoms with van der Waals surface area (Å²) >= 11 is 0. The third kappa shape index (κ3) is 5.56. The normalized spacial score (nSPS) is 11.7. The lowest BCUT2D eigenvalue weighted by molar-refractivity contribution is -0.274. The third-order valence-corrected chi connectivity index (χ3v) is 5.76. The van der Waals surface area contributed by atoms with Gasteiger partial charge < -0.3 is 4.74 Å². The maximum absolute atomic E-state index is 15.2. The second-order valence-electron chi connectivity index (χ2n) is 8.23. The predicted octanol–water partition coefficient (Wildman–Crippen LogP) is 8.42. The highest BCUT2D eigenvalue weighted by Gasteiger charge is 2.30. The maximum Gasteiger partial charge on any atom is 0.573 e. The van der Waals surface area contributed by atoms with Crippen molar-refractivity contribution in [1.82, 2.24) is 0 Å². The molecule has 0 unspecified atom stereocenters. The molecular formula is C28H23F5O. The average molecular weight is 470 g/mol. The Balaban J connectivity index is 1.51. The molecule has 0 aliphatic carbocycles. The maximum atomic E-state index is 15.2. The van der Waals surface area contributed by atoms with Gasteiger partial charge in [0, 0.05) is 10.9 Å². The molecule has 0 spiro atoms. The molecule has 0 N–H and O–H groups in total. The van der Waals surface area contributed by atoms with Crippen LogP contribution in [0.4, 0.5) is 22.0 Å². The Bertz CT molecular complexity index is 1290. The molecule has 0 amide bonds. The molecule has 34 heavy (non-hydrogen) atoms. The molecule has 4 aromatic carbocycles. The minimum Gasteiger partial charge on any atom is -0.406 e. The van der Waals surface area contributed by atoms with E-state index in [0.717, 1.165) is 24.0 Å². The number of ether oxygens (including phenoxy) is 1. The fraction of sp³-hybridized carbons (Fsp3) is 0.214. The van der Waals surface area contributed by atoms with Gasteiger partial charge in [0.25, 0.3) is 0 Å². The fourth-order valence-electron chi connectivity index (χ4n) is 4.07. The number of benzene rings is 4. The molecule has 6 heteroatoms. The van der Waals surface area contributed by atoms with Gasteiger partial charge in [0.1, 0.15) is 17.4 Å². The van der Waals surface area contributed by atoms with Gasteiger partial charge in [0.05, 0.1) is 0 Å². The van der Waals surface area contributed by atoms with Crippen LogP contribution in [0.5, 0.6) is 5.75 Å². The number of fused-ring (bicyclic) bond motifs is 1. The zero-order chi connectivity index (χ0) is 24.3. The molecule has 0 aliphatic heterocycles. The molecule has 0 atom stereocenters. The van der Waals surface area contributed by atoms with E-state index < -0.39 is 6.36 Å². The molecular weight excluding hydrogens is 447 g/mol. The van der Waals surface area contributed by atoms with Crippen LogP contribution in [0.2, 0.25) is 0 Å². The molecule has 0 heterocycles. The lowest BCUT2D eigenvalue weighted by Gasteiger charge is -2.11. The van der Waals surface area contributed by atoms with Crippen molar-refractivity contribution in [2.75, 3.05) is 0 Å². The van der Waals surface area contributed by atoms with Gasteiger partial charge in [-0.25, -0.2) is 8.78 Å². The summed E-state index contributed by atoms with van der Waals surface area (Å²) < 4.78 is 70.5. The first-order chi connectivity index (χ1) is 16.2. The Morgan fingerprint density at radius 1 is 0.735 bits per heavy atom. The van der Waals surface area contributed by atoms with Gasteiger partial charge in [-0.1, -0.05) is 61.9 Å². The van der Waals surface area contributed by atoms with Crippen molar-refractivity contribution >= 4 is 10.8 Å². The summed E-state index contributed by atoms with van der Waals surface area (Å²) in [7, 11) is 0. The van der Waals surface area contributed by atoms with Gasteiger partial charge in [-0.05, 0) is 71.2 Å². The topological polar surface area (TPSA) is 9.23 Å². The van der Waals surface area contributed by atoms with Crippen molar-refractivity contribution in [1.29, 1.82) is 0 Å². The van der Waals surface area contributed by atoms with Crippen LogP contribution in [-0.2, 0) is 19.3 Å². The van der Waals surface area contributed by atoms with Crippen LogP contribution in [0.25, 0.3) is 21.9 Å². The minimum absolute atomic E-state index is 0.291. The van der Waals surface area contributed by atoms with E-state index in [2.05, 4.69) is 4.74 Å². The molecule has 1 nitrogen and oxygen atoms in total. The van der Waals surface area contributed by atoms with Crippen LogP contribution < -0.4 is 4.74 Å². The van der Waals surface area contributed by atoms with E-state index >= 15 is 4.39 Å². The van der Waals surface area contributed by atoms with Crippen LogP contribution in [0.1, 0.15) is 30.0 Å². The molecule has 0 aromatic heterocycles. The Kier molecular flexibility index (Phi) is 6.87. The van der Waals surface area contributed by atoms with E-state index in [1.165, 1.54) is 24.3 Å². The van der Waals surface area contributed by atoms with Crippen LogP contribution in [0.15, 0.2) is 72.8 Å². The molecule has 4 rings (SSSR count). The predicted molar refractivity (Wildman–Crippen MR) is 124 cm³/mol. The van der Waals surface area contributed by atoms with E-state index in [4.69, 9.17) is 0 Å². The number of rotatable bonds is 7. The van der Waals surface area contributed by atoms with E-state index in [0.29, 0.717) is 40.3 Å². The summed E-state index contributed by atoms with van der Waals surface area (Å²) in [6.45, 7) is 2.04. The Labute approximate surface area is 194 Å². The number of halogens is 5.